The number of methoxy groups -OCH3 is 1. The number of anilines is 1. The third kappa shape index (κ3) is 3.87. The topological polar surface area (TPSA) is 34.1 Å². The van der Waals surface area contributed by atoms with Gasteiger partial charge in [0.2, 0.25) is 5.88 Å². The Hall–Kier alpha value is -2.24. The van der Waals surface area contributed by atoms with Crippen LogP contribution in [-0.4, -0.2) is 12.1 Å². The van der Waals surface area contributed by atoms with E-state index < -0.39 is 11.7 Å². The number of aromatic nitrogens is 1. The summed E-state index contributed by atoms with van der Waals surface area (Å²) in [5.74, 6) is 0.503. The van der Waals surface area contributed by atoms with E-state index in [9.17, 15) is 13.2 Å². The lowest BCUT2D eigenvalue weighted by Crippen LogP contribution is -2.09. The number of rotatable bonds is 4. The van der Waals surface area contributed by atoms with Crippen molar-refractivity contribution in [2.75, 3.05) is 12.4 Å². The number of benzene rings is 1. The van der Waals surface area contributed by atoms with E-state index in [1.54, 1.807) is 18.3 Å². The molecule has 0 amide bonds. The summed E-state index contributed by atoms with van der Waals surface area (Å²) in [4.78, 5) is 4.06. The summed E-state index contributed by atoms with van der Waals surface area (Å²) in [7, 11) is 1.53. The predicted molar refractivity (Wildman–Crippen MR) is 74.3 cm³/mol. The number of ether oxygens (including phenoxy) is 1. The van der Waals surface area contributed by atoms with Crippen molar-refractivity contribution < 1.29 is 17.9 Å². The molecule has 1 unspecified atom stereocenters. The SMILES string of the molecule is COc1ccc(NC(C)c2ccc(C(F)(F)F)cc2)cn1. The Morgan fingerprint density at radius 3 is 2.24 bits per heavy atom. The normalized spacial score (nSPS) is 12.8. The van der Waals surface area contributed by atoms with E-state index in [1.807, 2.05) is 6.92 Å². The van der Waals surface area contributed by atoms with Crippen molar-refractivity contribution in [2.24, 2.45) is 0 Å². The van der Waals surface area contributed by atoms with Crippen LogP contribution in [0.3, 0.4) is 0 Å². The summed E-state index contributed by atoms with van der Waals surface area (Å²) in [6.45, 7) is 1.87. The molecular formula is C15H15F3N2O. The molecule has 2 rings (SSSR count). The van der Waals surface area contributed by atoms with Crippen molar-refractivity contribution in [1.82, 2.24) is 4.98 Å². The molecule has 21 heavy (non-hydrogen) atoms. The van der Waals surface area contributed by atoms with E-state index in [-0.39, 0.29) is 6.04 Å². The molecule has 3 nitrogen and oxygen atoms in total. The molecule has 0 radical (unpaired) electrons. The highest BCUT2D eigenvalue weighted by Gasteiger charge is 2.30. The fraction of sp³-hybridized carbons (Fsp3) is 0.267. The molecule has 1 atom stereocenters. The van der Waals surface area contributed by atoms with Crippen LogP contribution in [0.4, 0.5) is 18.9 Å². The largest absolute Gasteiger partial charge is 0.481 e. The lowest BCUT2D eigenvalue weighted by atomic mass is 10.1. The molecule has 0 bridgehead atoms. The van der Waals surface area contributed by atoms with Gasteiger partial charge in [0, 0.05) is 12.1 Å². The number of alkyl halides is 3. The second kappa shape index (κ2) is 6.03. The first kappa shape index (κ1) is 15.2. The van der Waals surface area contributed by atoms with Crippen LogP contribution >= 0.6 is 0 Å². The Bertz CT molecular complexity index is 579. The van der Waals surface area contributed by atoms with Gasteiger partial charge in [-0.3, -0.25) is 0 Å². The van der Waals surface area contributed by atoms with Gasteiger partial charge in [0.05, 0.1) is 24.6 Å². The highest BCUT2D eigenvalue weighted by Crippen LogP contribution is 2.30. The highest BCUT2D eigenvalue weighted by molar-refractivity contribution is 5.44. The maximum atomic E-state index is 12.5. The molecule has 112 valence electrons. The Kier molecular flexibility index (Phi) is 4.35. The molecule has 1 aromatic carbocycles. The number of hydrogen-bond acceptors (Lipinski definition) is 3. The first-order valence-corrected chi connectivity index (χ1v) is 6.34. The van der Waals surface area contributed by atoms with Crippen molar-refractivity contribution in [3.8, 4) is 5.88 Å². The van der Waals surface area contributed by atoms with Crippen LogP contribution in [0.1, 0.15) is 24.1 Å². The minimum atomic E-state index is -4.31. The van der Waals surface area contributed by atoms with Crippen molar-refractivity contribution in [3.63, 3.8) is 0 Å². The van der Waals surface area contributed by atoms with Crippen molar-refractivity contribution in [2.45, 2.75) is 19.1 Å². The molecule has 1 aromatic heterocycles. The van der Waals surface area contributed by atoms with Gasteiger partial charge >= 0.3 is 6.18 Å². The Morgan fingerprint density at radius 1 is 1.10 bits per heavy atom. The average Bonchev–Trinajstić information content (AvgIpc) is 2.47. The summed E-state index contributed by atoms with van der Waals surface area (Å²) in [6, 6.07) is 8.48. The molecule has 0 aliphatic heterocycles. The minimum Gasteiger partial charge on any atom is -0.481 e. The van der Waals surface area contributed by atoms with Crippen LogP contribution in [0, 0.1) is 0 Å². The molecule has 0 aliphatic rings. The summed E-state index contributed by atoms with van der Waals surface area (Å²) in [5, 5.41) is 3.17. The van der Waals surface area contributed by atoms with Gasteiger partial charge in [-0.1, -0.05) is 12.1 Å². The molecule has 0 fully saturated rings. The molecule has 1 N–H and O–H groups in total. The monoisotopic (exact) mass is 296 g/mol. The molecule has 0 saturated heterocycles. The summed E-state index contributed by atoms with van der Waals surface area (Å²) >= 11 is 0. The molecule has 0 saturated carbocycles. The second-order valence-corrected chi connectivity index (χ2v) is 4.58. The van der Waals surface area contributed by atoms with Crippen molar-refractivity contribution in [3.05, 3.63) is 53.7 Å². The van der Waals surface area contributed by atoms with E-state index in [4.69, 9.17) is 4.74 Å². The van der Waals surface area contributed by atoms with E-state index >= 15 is 0 Å². The van der Waals surface area contributed by atoms with Crippen LogP contribution in [0.2, 0.25) is 0 Å². The van der Waals surface area contributed by atoms with Crippen LogP contribution in [0.25, 0.3) is 0 Å². The maximum Gasteiger partial charge on any atom is 0.416 e. The minimum absolute atomic E-state index is 0.137. The van der Waals surface area contributed by atoms with Gasteiger partial charge in [0.15, 0.2) is 0 Å². The van der Waals surface area contributed by atoms with Gasteiger partial charge in [0.25, 0.3) is 0 Å². The first-order chi connectivity index (χ1) is 9.90. The van der Waals surface area contributed by atoms with Crippen LogP contribution in [-0.2, 0) is 6.18 Å². The van der Waals surface area contributed by atoms with Gasteiger partial charge in [-0.15, -0.1) is 0 Å². The Balaban J connectivity index is 2.07. The van der Waals surface area contributed by atoms with Crippen LogP contribution in [0.5, 0.6) is 5.88 Å². The van der Waals surface area contributed by atoms with E-state index in [1.165, 1.54) is 19.2 Å². The van der Waals surface area contributed by atoms with Gasteiger partial charge in [0.1, 0.15) is 0 Å². The molecule has 0 aliphatic carbocycles. The second-order valence-electron chi connectivity index (χ2n) is 4.58. The fourth-order valence-corrected chi connectivity index (χ4v) is 1.88. The maximum absolute atomic E-state index is 12.5. The van der Waals surface area contributed by atoms with Crippen LogP contribution < -0.4 is 10.1 Å². The number of halogens is 3. The number of hydrogen-bond donors (Lipinski definition) is 1. The molecular weight excluding hydrogens is 281 g/mol. The number of pyridine rings is 1. The zero-order chi connectivity index (χ0) is 15.5. The molecule has 1 heterocycles. The first-order valence-electron chi connectivity index (χ1n) is 6.34. The molecule has 2 aromatic rings. The van der Waals surface area contributed by atoms with Gasteiger partial charge < -0.3 is 10.1 Å². The smallest absolute Gasteiger partial charge is 0.416 e. The zero-order valence-corrected chi connectivity index (χ0v) is 11.6. The summed E-state index contributed by atoms with van der Waals surface area (Å²) in [5.41, 5.74) is 0.881. The number of nitrogens with zero attached hydrogens (tertiary/aromatic N) is 1. The van der Waals surface area contributed by atoms with E-state index in [2.05, 4.69) is 10.3 Å². The van der Waals surface area contributed by atoms with Gasteiger partial charge in [-0.25, -0.2) is 4.98 Å². The zero-order valence-electron chi connectivity index (χ0n) is 11.6. The third-order valence-electron chi connectivity index (χ3n) is 3.07. The Morgan fingerprint density at radius 2 is 1.76 bits per heavy atom. The van der Waals surface area contributed by atoms with Gasteiger partial charge in [-0.05, 0) is 30.7 Å². The van der Waals surface area contributed by atoms with Crippen LogP contribution in [0.15, 0.2) is 42.6 Å². The summed E-state index contributed by atoms with van der Waals surface area (Å²) in [6.07, 6.45) is -2.70. The fourth-order valence-electron chi connectivity index (χ4n) is 1.88. The summed E-state index contributed by atoms with van der Waals surface area (Å²) < 4.78 is 42.5. The van der Waals surface area contributed by atoms with Crippen molar-refractivity contribution in [1.29, 1.82) is 0 Å². The van der Waals surface area contributed by atoms with E-state index in [0.29, 0.717) is 5.88 Å². The highest BCUT2D eigenvalue weighted by atomic mass is 19.4. The predicted octanol–water partition coefficient (Wildman–Crippen LogP) is 4.28. The lowest BCUT2D eigenvalue weighted by Gasteiger charge is -2.16. The van der Waals surface area contributed by atoms with Gasteiger partial charge in [-0.2, -0.15) is 13.2 Å². The molecule has 0 spiro atoms. The third-order valence-corrected chi connectivity index (χ3v) is 3.07. The van der Waals surface area contributed by atoms with Crippen molar-refractivity contribution >= 4 is 5.69 Å². The standard InChI is InChI=1S/C15H15F3N2O/c1-10(20-13-7-8-14(21-2)19-9-13)11-3-5-12(6-4-11)15(16,17)18/h3-10,20H,1-2H3. The average molecular weight is 296 g/mol. The Labute approximate surface area is 120 Å². The number of nitrogens with one attached hydrogen (secondary N) is 1. The molecule has 6 heteroatoms. The quantitative estimate of drug-likeness (QED) is 0.914. The lowest BCUT2D eigenvalue weighted by molar-refractivity contribution is -0.137. The van der Waals surface area contributed by atoms with E-state index in [0.717, 1.165) is 23.4 Å².